The lowest BCUT2D eigenvalue weighted by atomic mass is 10.1. The topological polar surface area (TPSA) is 98.2 Å². The Bertz CT molecular complexity index is 531. The number of aromatic nitrogens is 2. The van der Waals surface area contributed by atoms with Crippen LogP contribution in [0.1, 0.15) is 28.9 Å². The molecule has 1 aromatic heterocycles. The Morgan fingerprint density at radius 3 is 2.61 bits per heavy atom. The number of aromatic hydroxyl groups is 2. The first-order valence-electron chi connectivity index (χ1n) is 5.40. The van der Waals surface area contributed by atoms with Gasteiger partial charge in [-0.15, -0.1) is 0 Å². The molecule has 1 atom stereocenters. The van der Waals surface area contributed by atoms with Crippen molar-refractivity contribution < 1.29 is 15.0 Å². The average Bonchev–Trinajstić information content (AvgIpc) is 2.81. The third-order valence-corrected chi connectivity index (χ3v) is 2.61. The van der Waals surface area contributed by atoms with E-state index in [2.05, 4.69) is 15.5 Å². The van der Waals surface area contributed by atoms with Crippen LogP contribution in [-0.4, -0.2) is 26.3 Å². The van der Waals surface area contributed by atoms with E-state index < -0.39 is 5.91 Å². The molecule has 0 aliphatic carbocycles. The lowest BCUT2D eigenvalue weighted by molar-refractivity contribution is 0.0934. The van der Waals surface area contributed by atoms with Crippen molar-refractivity contribution in [2.45, 2.75) is 13.0 Å². The molecule has 1 aromatic carbocycles. The molecule has 94 valence electrons. The van der Waals surface area contributed by atoms with Gasteiger partial charge in [0.25, 0.3) is 5.91 Å². The van der Waals surface area contributed by atoms with E-state index in [1.165, 1.54) is 18.2 Å². The van der Waals surface area contributed by atoms with Crippen molar-refractivity contribution in [1.82, 2.24) is 15.5 Å². The number of carbonyl (C=O) groups excluding carboxylic acids is 1. The number of nitrogens with zero attached hydrogens (tertiary/aromatic N) is 1. The fourth-order valence-electron chi connectivity index (χ4n) is 1.61. The van der Waals surface area contributed by atoms with Crippen LogP contribution in [-0.2, 0) is 0 Å². The number of carbonyl (C=O) groups is 1. The summed E-state index contributed by atoms with van der Waals surface area (Å²) in [6.07, 6.45) is 3.26. The van der Waals surface area contributed by atoms with E-state index in [-0.39, 0.29) is 23.1 Å². The fourth-order valence-corrected chi connectivity index (χ4v) is 1.61. The minimum atomic E-state index is -0.542. The van der Waals surface area contributed by atoms with Gasteiger partial charge in [0.15, 0.2) is 0 Å². The van der Waals surface area contributed by atoms with E-state index in [0.717, 1.165) is 5.56 Å². The molecule has 0 radical (unpaired) electrons. The summed E-state index contributed by atoms with van der Waals surface area (Å²) in [5, 5.41) is 28.2. The highest BCUT2D eigenvalue weighted by molar-refractivity contribution is 5.99. The average molecular weight is 247 g/mol. The molecule has 0 aliphatic rings. The molecule has 6 nitrogen and oxygen atoms in total. The van der Waals surface area contributed by atoms with E-state index in [1.807, 2.05) is 0 Å². The molecule has 1 heterocycles. The molecule has 0 aliphatic heterocycles. The highest BCUT2D eigenvalue weighted by Gasteiger charge is 2.18. The number of phenolic OH excluding ortho intramolecular Hbond substituents is 2. The second-order valence-corrected chi connectivity index (χ2v) is 3.90. The number of nitrogens with one attached hydrogen (secondary N) is 2. The summed E-state index contributed by atoms with van der Waals surface area (Å²) in [4.78, 5) is 11.9. The van der Waals surface area contributed by atoms with Crippen LogP contribution in [0.4, 0.5) is 0 Å². The second-order valence-electron chi connectivity index (χ2n) is 3.90. The van der Waals surface area contributed by atoms with Crippen molar-refractivity contribution in [2.75, 3.05) is 0 Å². The number of benzene rings is 1. The van der Waals surface area contributed by atoms with Crippen molar-refractivity contribution in [3.63, 3.8) is 0 Å². The molecule has 0 saturated carbocycles. The molecule has 0 spiro atoms. The minimum Gasteiger partial charge on any atom is -0.507 e. The summed E-state index contributed by atoms with van der Waals surface area (Å²) in [6, 6.07) is 3.87. The Morgan fingerprint density at radius 2 is 2.06 bits per heavy atom. The molecule has 6 heteroatoms. The number of rotatable bonds is 3. The van der Waals surface area contributed by atoms with Gasteiger partial charge in [-0.2, -0.15) is 5.10 Å². The van der Waals surface area contributed by atoms with Gasteiger partial charge in [0.2, 0.25) is 0 Å². The largest absolute Gasteiger partial charge is 0.507 e. The van der Waals surface area contributed by atoms with Gasteiger partial charge in [-0.05, 0) is 19.1 Å². The van der Waals surface area contributed by atoms with Gasteiger partial charge < -0.3 is 15.5 Å². The van der Waals surface area contributed by atoms with Crippen LogP contribution in [0.15, 0.2) is 30.6 Å². The molecule has 0 fully saturated rings. The summed E-state index contributed by atoms with van der Waals surface area (Å²) in [5.41, 5.74) is 0.672. The molecule has 1 unspecified atom stereocenters. The quantitative estimate of drug-likeness (QED) is 0.657. The van der Waals surface area contributed by atoms with E-state index in [9.17, 15) is 15.0 Å². The smallest absolute Gasteiger partial charge is 0.259 e. The van der Waals surface area contributed by atoms with Crippen molar-refractivity contribution in [1.29, 1.82) is 0 Å². The molecule has 2 rings (SSSR count). The summed E-state index contributed by atoms with van der Waals surface area (Å²) < 4.78 is 0. The van der Waals surface area contributed by atoms with E-state index in [1.54, 1.807) is 19.3 Å². The first-order chi connectivity index (χ1) is 8.59. The Morgan fingerprint density at radius 1 is 1.39 bits per heavy atom. The molecule has 18 heavy (non-hydrogen) atoms. The normalized spacial score (nSPS) is 12.1. The summed E-state index contributed by atoms with van der Waals surface area (Å²) in [6.45, 7) is 1.78. The summed E-state index contributed by atoms with van der Waals surface area (Å²) >= 11 is 0. The highest BCUT2D eigenvalue weighted by atomic mass is 16.3. The lowest BCUT2D eigenvalue weighted by Crippen LogP contribution is -2.26. The van der Waals surface area contributed by atoms with Crippen LogP contribution in [0.2, 0.25) is 0 Å². The summed E-state index contributed by atoms with van der Waals surface area (Å²) in [7, 11) is 0. The van der Waals surface area contributed by atoms with Gasteiger partial charge in [-0.1, -0.05) is 6.07 Å². The van der Waals surface area contributed by atoms with E-state index in [4.69, 9.17) is 0 Å². The van der Waals surface area contributed by atoms with Crippen molar-refractivity contribution in [3.05, 3.63) is 41.7 Å². The third kappa shape index (κ3) is 2.27. The molecule has 0 saturated heterocycles. The van der Waals surface area contributed by atoms with Gasteiger partial charge in [0, 0.05) is 11.8 Å². The van der Waals surface area contributed by atoms with Crippen molar-refractivity contribution >= 4 is 5.91 Å². The Hall–Kier alpha value is -2.50. The first-order valence-corrected chi connectivity index (χ1v) is 5.40. The highest BCUT2D eigenvalue weighted by Crippen LogP contribution is 2.26. The molecule has 0 bridgehead atoms. The lowest BCUT2D eigenvalue weighted by Gasteiger charge is -2.13. The Balaban J connectivity index is 2.18. The molecular formula is C12H13N3O3. The number of hydrogen-bond donors (Lipinski definition) is 4. The van der Waals surface area contributed by atoms with Gasteiger partial charge in [-0.3, -0.25) is 9.89 Å². The number of hydrogen-bond acceptors (Lipinski definition) is 4. The predicted octanol–water partition coefficient (Wildman–Crippen LogP) is 1.31. The maximum Gasteiger partial charge on any atom is 0.259 e. The molecule has 4 N–H and O–H groups in total. The van der Waals surface area contributed by atoms with Crippen LogP contribution in [0, 0.1) is 0 Å². The van der Waals surface area contributed by atoms with Gasteiger partial charge in [0.05, 0.1) is 12.2 Å². The first kappa shape index (κ1) is 12.0. The van der Waals surface area contributed by atoms with Crippen LogP contribution in [0.25, 0.3) is 0 Å². The zero-order valence-electron chi connectivity index (χ0n) is 9.71. The van der Waals surface area contributed by atoms with E-state index >= 15 is 0 Å². The number of H-pyrrole nitrogens is 1. The van der Waals surface area contributed by atoms with Gasteiger partial charge in [-0.25, -0.2) is 0 Å². The number of aromatic amines is 1. The minimum absolute atomic E-state index is 0.132. The van der Waals surface area contributed by atoms with Crippen LogP contribution in [0.5, 0.6) is 11.5 Å². The monoisotopic (exact) mass is 247 g/mol. The Labute approximate surface area is 103 Å². The van der Waals surface area contributed by atoms with Gasteiger partial charge in [0.1, 0.15) is 17.1 Å². The van der Waals surface area contributed by atoms with Crippen LogP contribution >= 0.6 is 0 Å². The van der Waals surface area contributed by atoms with Gasteiger partial charge >= 0.3 is 0 Å². The molecule has 2 aromatic rings. The summed E-state index contributed by atoms with van der Waals surface area (Å²) in [5.74, 6) is -1.06. The zero-order valence-corrected chi connectivity index (χ0v) is 9.71. The van der Waals surface area contributed by atoms with Crippen LogP contribution < -0.4 is 5.32 Å². The molecular weight excluding hydrogens is 234 g/mol. The maximum absolute atomic E-state index is 11.9. The fraction of sp³-hybridized carbons (Fsp3) is 0.167. The molecule has 1 amide bonds. The predicted molar refractivity (Wildman–Crippen MR) is 64.2 cm³/mol. The van der Waals surface area contributed by atoms with Crippen molar-refractivity contribution in [2.24, 2.45) is 0 Å². The standard InChI is InChI=1S/C12H13N3O3/c1-7(8-5-13-14-6-8)15-12(18)11-9(16)3-2-4-10(11)17/h2-7,16-17H,1H3,(H,13,14)(H,15,18). The second kappa shape index (κ2) is 4.79. The Kier molecular flexibility index (Phi) is 3.18. The zero-order chi connectivity index (χ0) is 13.1. The maximum atomic E-state index is 11.9. The number of phenols is 2. The van der Waals surface area contributed by atoms with Crippen LogP contribution in [0.3, 0.4) is 0 Å². The van der Waals surface area contributed by atoms with Crippen molar-refractivity contribution in [3.8, 4) is 11.5 Å². The SMILES string of the molecule is CC(NC(=O)c1c(O)cccc1O)c1cn[nH]c1. The van der Waals surface area contributed by atoms with E-state index in [0.29, 0.717) is 0 Å². The number of amides is 1. The third-order valence-electron chi connectivity index (χ3n) is 2.61.